The number of para-hydroxylation sites is 1. The normalized spacial score (nSPS) is 14.0. The van der Waals surface area contributed by atoms with Gasteiger partial charge in [-0.15, -0.1) is 5.10 Å². The number of benzene rings is 2. The lowest BCUT2D eigenvalue weighted by molar-refractivity contribution is -0.141. The molecule has 1 amide bonds. The maximum Gasteiger partial charge on any atom is 0.434 e. The largest absolute Gasteiger partial charge is 0.434 e. The van der Waals surface area contributed by atoms with Crippen LogP contribution in [-0.2, 0) is 6.18 Å². The number of amides is 1. The molecule has 4 aromatic rings. The van der Waals surface area contributed by atoms with E-state index in [1.54, 1.807) is 48.5 Å². The highest BCUT2D eigenvalue weighted by Gasteiger charge is 2.39. The van der Waals surface area contributed by atoms with Gasteiger partial charge in [0.05, 0.1) is 22.0 Å². The Morgan fingerprint density at radius 3 is 2.39 bits per heavy atom. The summed E-state index contributed by atoms with van der Waals surface area (Å²) in [6, 6.07) is 14.6. The molecule has 1 fully saturated rings. The number of hydrogen-bond donors (Lipinski definition) is 1. The van der Waals surface area contributed by atoms with Crippen molar-refractivity contribution in [3.8, 4) is 16.9 Å². The molecule has 0 bridgehead atoms. The summed E-state index contributed by atoms with van der Waals surface area (Å²) in [4.78, 5) is 16.5. The molecular weight excluding hydrogens is 476 g/mol. The van der Waals surface area contributed by atoms with Crippen LogP contribution in [0.2, 0.25) is 10.0 Å². The summed E-state index contributed by atoms with van der Waals surface area (Å²) < 4.78 is 43.0. The molecule has 1 aliphatic rings. The summed E-state index contributed by atoms with van der Waals surface area (Å²) in [7, 11) is 0. The number of carbonyl (C=O) groups is 1. The Balaban J connectivity index is 1.81. The number of hydrogen-bond acceptors (Lipinski definition) is 3. The van der Waals surface area contributed by atoms with Gasteiger partial charge in [-0.1, -0.05) is 47.5 Å². The van der Waals surface area contributed by atoms with Gasteiger partial charge >= 0.3 is 6.18 Å². The van der Waals surface area contributed by atoms with Gasteiger partial charge in [0.2, 0.25) is 0 Å². The van der Waals surface area contributed by atoms with Gasteiger partial charge in [0, 0.05) is 22.0 Å². The van der Waals surface area contributed by atoms with E-state index in [0.717, 1.165) is 12.8 Å². The van der Waals surface area contributed by atoms with Gasteiger partial charge in [-0.3, -0.25) is 4.79 Å². The number of fused-ring (bicyclic) bond motifs is 1. The number of aromatic nitrogens is 3. The van der Waals surface area contributed by atoms with E-state index in [0.29, 0.717) is 27.0 Å². The molecule has 10 heteroatoms. The molecule has 0 saturated heterocycles. The van der Waals surface area contributed by atoms with Crippen molar-refractivity contribution in [3.63, 3.8) is 0 Å². The maximum atomic E-state index is 13.8. The van der Waals surface area contributed by atoms with Gasteiger partial charge in [-0.2, -0.15) is 13.2 Å². The number of alkyl halides is 3. The van der Waals surface area contributed by atoms with E-state index >= 15 is 0 Å². The lowest BCUT2D eigenvalue weighted by atomic mass is 10.0. The Morgan fingerprint density at radius 2 is 1.76 bits per heavy atom. The van der Waals surface area contributed by atoms with E-state index in [1.807, 2.05) is 0 Å². The number of halogens is 5. The topological polar surface area (TPSA) is 59.8 Å². The molecular formula is C23H15Cl2F3N4O. The quantitative estimate of drug-likeness (QED) is 0.364. The number of pyridine rings is 1. The van der Waals surface area contributed by atoms with Gasteiger partial charge in [-0.25, -0.2) is 9.67 Å². The minimum Gasteiger partial charge on any atom is -0.349 e. The fourth-order valence-corrected chi connectivity index (χ4v) is 3.92. The smallest absolute Gasteiger partial charge is 0.349 e. The van der Waals surface area contributed by atoms with Crippen LogP contribution in [-0.4, -0.2) is 26.7 Å². The van der Waals surface area contributed by atoms with Crippen LogP contribution in [0.1, 0.15) is 28.9 Å². The van der Waals surface area contributed by atoms with Crippen LogP contribution in [0.4, 0.5) is 13.2 Å². The molecule has 0 unspecified atom stereocenters. The summed E-state index contributed by atoms with van der Waals surface area (Å²) in [5, 5.41) is 8.09. The lowest BCUT2D eigenvalue weighted by Gasteiger charge is -2.12. The first-order valence-corrected chi connectivity index (χ1v) is 10.8. The van der Waals surface area contributed by atoms with Crippen LogP contribution in [0.3, 0.4) is 0 Å². The first kappa shape index (κ1) is 21.7. The summed E-state index contributed by atoms with van der Waals surface area (Å²) in [5.74, 6) is -0.813. The number of nitrogens with zero attached hydrogens (tertiary/aromatic N) is 3. The number of rotatable bonds is 4. The van der Waals surface area contributed by atoms with Gasteiger partial charge in [0.25, 0.3) is 5.91 Å². The molecule has 2 heterocycles. The first-order valence-electron chi connectivity index (χ1n) is 10.0. The van der Waals surface area contributed by atoms with E-state index in [4.69, 9.17) is 23.2 Å². The van der Waals surface area contributed by atoms with Gasteiger partial charge in [0.15, 0.2) is 11.3 Å². The summed E-state index contributed by atoms with van der Waals surface area (Å²) >= 11 is 12.4. The fraction of sp³-hybridized carbons (Fsp3) is 0.174. The van der Waals surface area contributed by atoms with E-state index in [9.17, 15) is 18.0 Å². The van der Waals surface area contributed by atoms with Crippen LogP contribution >= 0.6 is 23.2 Å². The van der Waals surface area contributed by atoms with Crippen molar-refractivity contribution in [2.75, 3.05) is 0 Å². The Kier molecular flexibility index (Phi) is 5.29. The van der Waals surface area contributed by atoms with Crippen LogP contribution in [0, 0.1) is 0 Å². The third kappa shape index (κ3) is 4.16. The second-order valence-corrected chi connectivity index (χ2v) is 8.56. The summed E-state index contributed by atoms with van der Waals surface area (Å²) in [6.07, 6.45) is -3.36. The number of carbonyl (C=O) groups excluding carboxylic acids is 1. The second-order valence-electron chi connectivity index (χ2n) is 7.72. The Hall–Kier alpha value is -3.10. The average molecular weight is 491 g/mol. The molecule has 0 spiro atoms. The molecule has 1 aliphatic carbocycles. The van der Waals surface area contributed by atoms with Gasteiger partial charge in [0.1, 0.15) is 0 Å². The van der Waals surface area contributed by atoms with E-state index < -0.39 is 23.3 Å². The second kappa shape index (κ2) is 8.04. The van der Waals surface area contributed by atoms with Crippen LogP contribution in [0.5, 0.6) is 0 Å². The Bertz CT molecular complexity index is 1380. The third-order valence-corrected chi connectivity index (χ3v) is 5.86. The highest BCUT2D eigenvalue weighted by Crippen LogP contribution is 2.38. The van der Waals surface area contributed by atoms with Gasteiger partial charge < -0.3 is 5.32 Å². The third-order valence-electron chi connectivity index (χ3n) is 5.29. The lowest BCUT2D eigenvalue weighted by Crippen LogP contribution is -2.28. The SMILES string of the molecule is O=C(NC1CC1)c1cc2c(-c3ccc(Cl)cc3)n(-c3ccccc3Cl)nc2nc1C(F)(F)F. The predicted molar refractivity (Wildman–Crippen MR) is 120 cm³/mol. The highest BCUT2D eigenvalue weighted by molar-refractivity contribution is 6.32. The fourth-order valence-electron chi connectivity index (χ4n) is 3.58. The van der Waals surface area contributed by atoms with Crippen molar-refractivity contribution < 1.29 is 18.0 Å². The molecule has 2 aromatic carbocycles. The molecule has 2 aromatic heterocycles. The Labute approximate surface area is 196 Å². The maximum absolute atomic E-state index is 13.8. The predicted octanol–water partition coefficient (Wildman–Crippen LogP) is 6.31. The monoisotopic (exact) mass is 490 g/mol. The molecule has 33 heavy (non-hydrogen) atoms. The molecule has 168 valence electrons. The zero-order valence-electron chi connectivity index (χ0n) is 16.8. The highest BCUT2D eigenvalue weighted by atomic mass is 35.5. The minimum atomic E-state index is -4.83. The first-order chi connectivity index (χ1) is 15.7. The molecule has 0 atom stereocenters. The van der Waals surface area contributed by atoms with Gasteiger partial charge in [-0.05, 0) is 43.2 Å². The van der Waals surface area contributed by atoms with Crippen molar-refractivity contribution >= 4 is 40.1 Å². The molecule has 5 rings (SSSR count). The molecule has 1 saturated carbocycles. The minimum absolute atomic E-state index is 0.115. The standard InChI is InChI=1S/C23H15Cl2F3N4O/c24-13-7-5-12(6-8-13)19-15-11-16(22(33)29-14-9-10-14)20(23(26,27)28)30-21(15)31-32(19)18-4-2-1-3-17(18)25/h1-8,11,14H,9-10H2,(H,29,33). The molecule has 0 radical (unpaired) electrons. The van der Waals surface area contributed by atoms with E-state index in [2.05, 4.69) is 15.4 Å². The van der Waals surface area contributed by atoms with Crippen LogP contribution in [0.25, 0.3) is 28.0 Å². The van der Waals surface area contributed by atoms with E-state index in [-0.39, 0.29) is 17.1 Å². The van der Waals surface area contributed by atoms with Crippen molar-refractivity contribution in [1.82, 2.24) is 20.1 Å². The molecule has 5 nitrogen and oxygen atoms in total. The zero-order valence-corrected chi connectivity index (χ0v) is 18.3. The van der Waals surface area contributed by atoms with Crippen molar-refractivity contribution in [2.24, 2.45) is 0 Å². The number of nitrogens with one attached hydrogen (secondary N) is 1. The van der Waals surface area contributed by atoms with Crippen LogP contribution in [0.15, 0.2) is 54.6 Å². The average Bonchev–Trinajstić information content (AvgIpc) is 3.51. The summed E-state index contributed by atoms with van der Waals surface area (Å²) in [6.45, 7) is 0. The van der Waals surface area contributed by atoms with E-state index in [1.165, 1.54) is 10.7 Å². The van der Waals surface area contributed by atoms with Crippen molar-refractivity contribution in [2.45, 2.75) is 25.1 Å². The molecule has 0 aliphatic heterocycles. The zero-order chi connectivity index (χ0) is 23.3. The summed E-state index contributed by atoms with van der Waals surface area (Å²) in [5.41, 5.74) is -0.460. The molecule has 1 N–H and O–H groups in total. The van der Waals surface area contributed by atoms with Crippen molar-refractivity contribution in [1.29, 1.82) is 0 Å². The van der Waals surface area contributed by atoms with Crippen LogP contribution < -0.4 is 5.32 Å². The Morgan fingerprint density at radius 1 is 1.06 bits per heavy atom. The van der Waals surface area contributed by atoms with Crippen molar-refractivity contribution in [3.05, 3.63) is 75.9 Å².